The van der Waals surface area contributed by atoms with Crippen LogP contribution >= 0.6 is 0 Å². The Kier molecular flexibility index (Phi) is 5.31. The lowest BCUT2D eigenvalue weighted by Crippen LogP contribution is -2.24. The van der Waals surface area contributed by atoms with E-state index in [4.69, 9.17) is 9.88 Å². The first-order valence-corrected chi connectivity index (χ1v) is 10.9. The molecule has 4 aromatic rings. The summed E-state index contributed by atoms with van der Waals surface area (Å²) in [6, 6.07) is 10.3. The number of sulfonamides is 1. The fraction of sp³-hybridized carbons (Fsp3) is 0.143. The number of ether oxygens (including phenoxy) is 1. The molecule has 0 aliphatic carbocycles. The van der Waals surface area contributed by atoms with Crippen molar-refractivity contribution in [2.45, 2.75) is 11.4 Å². The molecule has 0 saturated heterocycles. The van der Waals surface area contributed by atoms with Crippen LogP contribution in [0.5, 0.6) is 5.88 Å². The van der Waals surface area contributed by atoms with Crippen molar-refractivity contribution in [3.8, 4) is 17.0 Å². The van der Waals surface area contributed by atoms with Gasteiger partial charge in [0.1, 0.15) is 11.6 Å². The summed E-state index contributed by atoms with van der Waals surface area (Å²) in [4.78, 5) is 16.6. The van der Waals surface area contributed by atoms with E-state index in [0.717, 1.165) is 0 Å². The van der Waals surface area contributed by atoms with Crippen LogP contribution in [0, 0.1) is 11.6 Å². The van der Waals surface area contributed by atoms with Crippen LogP contribution in [0.15, 0.2) is 58.4 Å². The summed E-state index contributed by atoms with van der Waals surface area (Å²) in [6.07, 6.45) is 1.44. The second-order valence-corrected chi connectivity index (χ2v) is 8.64. The van der Waals surface area contributed by atoms with Crippen molar-refractivity contribution < 1.29 is 21.9 Å². The van der Waals surface area contributed by atoms with Crippen LogP contribution in [0.1, 0.15) is 5.56 Å². The zero-order valence-corrected chi connectivity index (χ0v) is 17.9. The van der Waals surface area contributed by atoms with Crippen molar-refractivity contribution in [3.05, 3.63) is 76.3 Å². The second-order valence-electron chi connectivity index (χ2n) is 7.08. The summed E-state index contributed by atoms with van der Waals surface area (Å²) in [5.74, 6) is -2.05. The molecule has 0 bridgehead atoms. The number of aryl methyl sites for hydroxylation is 1. The highest BCUT2D eigenvalue weighted by Crippen LogP contribution is 2.35. The van der Waals surface area contributed by atoms with E-state index in [2.05, 4.69) is 4.98 Å². The van der Waals surface area contributed by atoms with E-state index >= 15 is 0 Å². The predicted molar refractivity (Wildman–Crippen MR) is 114 cm³/mol. The third-order valence-corrected chi connectivity index (χ3v) is 6.05. The van der Waals surface area contributed by atoms with Crippen LogP contribution in [0.3, 0.4) is 0 Å². The summed E-state index contributed by atoms with van der Waals surface area (Å²) in [5, 5.41) is 4.97. The lowest BCUT2D eigenvalue weighted by Gasteiger charge is -2.13. The quantitative estimate of drug-likeness (QED) is 0.492. The van der Waals surface area contributed by atoms with Crippen LogP contribution in [-0.4, -0.2) is 29.6 Å². The molecule has 0 aliphatic rings. The third-order valence-electron chi connectivity index (χ3n) is 5.16. The van der Waals surface area contributed by atoms with Crippen LogP contribution in [0.25, 0.3) is 22.2 Å². The van der Waals surface area contributed by atoms with Gasteiger partial charge in [-0.25, -0.2) is 32.1 Å². The monoisotopic (exact) mass is 460 g/mol. The molecule has 11 heteroatoms. The molecule has 8 nitrogen and oxygen atoms in total. The number of fused-ring (bicyclic) bond motifs is 1. The number of methoxy groups -OCH3 is 1. The van der Waals surface area contributed by atoms with Gasteiger partial charge in [0, 0.05) is 12.6 Å². The van der Waals surface area contributed by atoms with Gasteiger partial charge in [-0.15, -0.1) is 0 Å². The van der Waals surface area contributed by atoms with Gasteiger partial charge in [0.25, 0.3) is 0 Å². The van der Waals surface area contributed by atoms with Gasteiger partial charge in [-0.05, 0) is 17.7 Å². The van der Waals surface area contributed by atoms with E-state index in [-0.39, 0.29) is 5.88 Å². The van der Waals surface area contributed by atoms with E-state index in [1.54, 1.807) is 24.3 Å². The minimum atomic E-state index is -4.31. The van der Waals surface area contributed by atoms with Gasteiger partial charge in [0.15, 0.2) is 0 Å². The average molecular weight is 460 g/mol. The van der Waals surface area contributed by atoms with Gasteiger partial charge >= 0.3 is 5.69 Å². The molecule has 2 aromatic heterocycles. The summed E-state index contributed by atoms with van der Waals surface area (Å²) < 4.78 is 60.3. The molecule has 166 valence electrons. The minimum absolute atomic E-state index is 0.230. The number of benzene rings is 2. The molecule has 0 unspecified atom stereocenters. The summed E-state index contributed by atoms with van der Waals surface area (Å²) >= 11 is 0. The number of imidazole rings is 1. The van der Waals surface area contributed by atoms with Gasteiger partial charge in [-0.2, -0.15) is 0 Å². The molecular formula is C21H18F2N4O4S. The van der Waals surface area contributed by atoms with Gasteiger partial charge in [-0.3, -0.25) is 9.13 Å². The Balaban J connectivity index is 2.01. The van der Waals surface area contributed by atoms with E-state index in [9.17, 15) is 22.0 Å². The van der Waals surface area contributed by atoms with Gasteiger partial charge in [0.05, 0.1) is 41.3 Å². The van der Waals surface area contributed by atoms with Crippen LogP contribution in [0.2, 0.25) is 0 Å². The van der Waals surface area contributed by atoms with Crippen LogP contribution < -0.4 is 15.6 Å². The highest BCUT2D eigenvalue weighted by molar-refractivity contribution is 7.89. The first-order valence-electron chi connectivity index (χ1n) is 9.31. The lowest BCUT2D eigenvalue weighted by molar-refractivity contribution is 0.400. The fourth-order valence-electron chi connectivity index (χ4n) is 3.59. The molecule has 0 aliphatic heterocycles. The topological polar surface area (TPSA) is 109 Å². The number of nitrogens with two attached hydrogens (primary N) is 1. The Morgan fingerprint density at radius 3 is 2.31 bits per heavy atom. The van der Waals surface area contributed by atoms with Crippen molar-refractivity contribution in [2.75, 3.05) is 7.11 Å². The van der Waals surface area contributed by atoms with Crippen molar-refractivity contribution >= 4 is 21.1 Å². The first kappa shape index (κ1) is 21.7. The molecule has 0 amide bonds. The maximum absolute atomic E-state index is 14.7. The number of rotatable bonds is 5. The Labute approximate surface area is 181 Å². The molecule has 2 N–H and O–H groups in total. The molecule has 2 heterocycles. The maximum Gasteiger partial charge on any atom is 0.329 e. The number of hydrogen-bond acceptors (Lipinski definition) is 5. The Morgan fingerprint density at radius 2 is 1.75 bits per heavy atom. The smallest absolute Gasteiger partial charge is 0.329 e. The van der Waals surface area contributed by atoms with Gasteiger partial charge in [-0.1, -0.05) is 30.3 Å². The SMILES string of the molecule is COc1ncc2c(c1-c1ccccc1)n(Cc1c(F)cc(S(N)(=O)=O)cc1F)c(=O)n2C. The van der Waals surface area contributed by atoms with E-state index in [0.29, 0.717) is 34.3 Å². The Bertz CT molecular complexity index is 1490. The number of hydrogen-bond donors (Lipinski definition) is 1. The number of primary sulfonamides is 1. The number of pyridine rings is 1. The normalized spacial score (nSPS) is 11.8. The summed E-state index contributed by atoms with van der Waals surface area (Å²) in [6.45, 7) is -0.494. The number of nitrogens with zero attached hydrogens (tertiary/aromatic N) is 3. The maximum atomic E-state index is 14.7. The fourth-order valence-corrected chi connectivity index (χ4v) is 4.13. The van der Waals surface area contributed by atoms with Crippen molar-refractivity contribution in [1.29, 1.82) is 0 Å². The molecule has 0 fully saturated rings. The largest absolute Gasteiger partial charge is 0.480 e. The van der Waals surface area contributed by atoms with Crippen molar-refractivity contribution in [2.24, 2.45) is 12.2 Å². The molecule has 4 rings (SSSR count). The van der Waals surface area contributed by atoms with E-state index < -0.39 is 44.4 Å². The van der Waals surface area contributed by atoms with Gasteiger partial charge in [0.2, 0.25) is 15.9 Å². The van der Waals surface area contributed by atoms with Crippen LogP contribution in [0.4, 0.5) is 8.78 Å². The highest BCUT2D eigenvalue weighted by Gasteiger charge is 2.23. The first-order chi connectivity index (χ1) is 15.1. The van der Waals surface area contributed by atoms with Crippen LogP contribution in [-0.2, 0) is 23.6 Å². The Hall–Kier alpha value is -3.57. The number of halogens is 2. The third kappa shape index (κ3) is 3.55. The van der Waals surface area contributed by atoms with Crippen molar-refractivity contribution in [1.82, 2.24) is 14.1 Å². The second kappa shape index (κ2) is 7.84. The average Bonchev–Trinajstić information content (AvgIpc) is 2.99. The lowest BCUT2D eigenvalue weighted by atomic mass is 10.1. The van der Waals surface area contributed by atoms with E-state index in [1.807, 2.05) is 6.07 Å². The minimum Gasteiger partial charge on any atom is -0.480 e. The molecule has 0 spiro atoms. The molecule has 0 atom stereocenters. The standard InChI is InChI=1S/C21H18F2N4O4S/c1-26-17-10-25-20(31-2)18(12-6-4-3-5-7-12)19(17)27(21(26)28)11-14-15(22)8-13(9-16(14)23)32(24,29)30/h3-10H,11H2,1-2H3,(H2,24,29,30). The molecule has 32 heavy (non-hydrogen) atoms. The zero-order chi connectivity index (χ0) is 23.2. The summed E-state index contributed by atoms with van der Waals surface area (Å²) in [7, 11) is -1.36. The molecular weight excluding hydrogens is 442 g/mol. The zero-order valence-electron chi connectivity index (χ0n) is 17.0. The molecule has 2 aromatic carbocycles. The van der Waals surface area contributed by atoms with Crippen molar-refractivity contribution in [3.63, 3.8) is 0 Å². The number of aromatic nitrogens is 3. The highest BCUT2D eigenvalue weighted by atomic mass is 32.2. The Morgan fingerprint density at radius 1 is 1.12 bits per heavy atom. The molecule has 0 radical (unpaired) electrons. The molecule has 0 saturated carbocycles. The summed E-state index contributed by atoms with van der Waals surface area (Å²) in [5.41, 5.74) is 0.933. The predicted octanol–water partition coefficient (Wildman–Crippen LogP) is 2.38. The van der Waals surface area contributed by atoms with Gasteiger partial charge < -0.3 is 4.74 Å². The van der Waals surface area contributed by atoms with E-state index in [1.165, 1.54) is 29.5 Å².